The van der Waals surface area contributed by atoms with Crippen molar-refractivity contribution in [3.05, 3.63) is 56.7 Å². The maximum atomic E-state index is 13.6. The Bertz CT molecular complexity index is 1480. The van der Waals surface area contributed by atoms with Gasteiger partial charge in [0, 0.05) is 17.2 Å². The second-order valence-electron chi connectivity index (χ2n) is 9.04. The number of aromatic amines is 1. The van der Waals surface area contributed by atoms with Crippen LogP contribution in [0.15, 0.2) is 28.7 Å². The Morgan fingerprint density at radius 1 is 1.17 bits per heavy atom. The molecule has 1 aromatic heterocycles. The molecule has 184 valence electrons. The van der Waals surface area contributed by atoms with Crippen LogP contribution in [0.4, 0.5) is 0 Å². The highest BCUT2D eigenvalue weighted by Crippen LogP contribution is 2.49. The Morgan fingerprint density at radius 2 is 1.89 bits per heavy atom. The fourth-order valence-electron chi connectivity index (χ4n) is 4.97. The summed E-state index contributed by atoms with van der Waals surface area (Å²) in [7, 11) is -1.85. The number of fused-ring (bicyclic) bond motifs is 1. The van der Waals surface area contributed by atoms with E-state index in [0.717, 1.165) is 11.1 Å². The minimum Gasteiger partial charge on any atom is -0.507 e. The van der Waals surface area contributed by atoms with Crippen LogP contribution in [0.3, 0.4) is 0 Å². The van der Waals surface area contributed by atoms with Crippen LogP contribution in [0.2, 0.25) is 0 Å². The molecule has 5 rings (SSSR count). The number of benzene rings is 2. The largest absolute Gasteiger partial charge is 0.507 e. The van der Waals surface area contributed by atoms with Crippen LogP contribution in [0.5, 0.6) is 17.2 Å². The third-order valence-corrected chi connectivity index (χ3v) is 9.21. The Balaban J connectivity index is 1.75. The van der Waals surface area contributed by atoms with Gasteiger partial charge in [0.15, 0.2) is 21.3 Å². The molecule has 1 fully saturated rings. The van der Waals surface area contributed by atoms with Crippen molar-refractivity contribution in [2.24, 2.45) is 0 Å². The highest BCUT2D eigenvalue weighted by molar-refractivity contribution is 9.10. The van der Waals surface area contributed by atoms with Crippen molar-refractivity contribution in [3.63, 3.8) is 0 Å². The number of rotatable bonds is 4. The molecule has 3 heterocycles. The average molecular weight is 562 g/mol. The Morgan fingerprint density at radius 3 is 2.54 bits per heavy atom. The van der Waals surface area contributed by atoms with E-state index in [1.165, 1.54) is 7.11 Å². The number of aryl methyl sites for hydroxylation is 2. The number of phenols is 2. The lowest BCUT2D eigenvalue weighted by Crippen LogP contribution is -2.40. The molecule has 0 radical (unpaired) electrons. The van der Waals surface area contributed by atoms with E-state index in [4.69, 9.17) is 4.74 Å². The van der Waals surface area contributed by atoms with Crippen molar-refractivity contribution < 1.29 is 28.2 Å². The lowest BCUT2D eigenvalue weighted by atomic mass is 9.93. The van der Waals surface area contributed by atoms with E-state index in [1.807, 2.05) is 19.9 Å². The van der Waals surface area contributed by atoms with Crippen LogP contribution in [0.1, 0.15) is 45.2 Å². The Labute approximate surface area is 210 Å². The minimum absolute atomic E-state index is 0.00769. The molecule has 9 nitrogen and oxygen atoms in total. The van der Waals surface area contributed by atoms with Gasteiger partial charge in [0.05, 0.1) is 29.1 Å². The molecule has 0 saturated carbocycles. The van der Waals surface area contributed by atoms with Gasteiger partial charge < -0.3 is 19.8 Å². The normalized spacial score (nSPS) is 20.9. The van der Waals surface area contributed by atoms with Gasteiger partial charge in [-0.05, 0) is 77.2 Å². The number of phenolic OH excluding ortho intramolecular Hbond substituents is 2. The van der Waals surface area contributed by atoms with E-state index in [9.17, 15) is 23.4 Å². The number of carbonyl (C=O) groups excluding carboxylic acids is 1. The fourth-order valence-corrected chi connectivity index (χ4v) is 7.14. The molecule has 0 spiro atoms. The summed E-state index contributed by atoms with van der Waals surface area (Å²) in [6, 6.07) is 5.53. The van der Waals surface area contributed by atoms with E-state index < -0.39 is 21.9 Å². The number of sulfone groups is 1. The summed E-state index contributed by atoms with van der Waals surface area (Å²) in [5.41, 5.74) is 4.13. The first-order valence-electron chi connectivity index (χ1n) is 11.0. The van der Waals surface area contributed by atoms with E-state index in [0.29, 0.717) is 33.3 Å². The number of hydrogen-bond acceptors (Lipinski definition) is 7. The summed E-state index contributed by atoms with van der Waals surface area (Å²) in [5.74, 6) is -0.345. The van der Waals surface area contributed by atoms with Crippen LogP contribution in [0.25, 0.3) is 11.3 Å². The van der Waals surface area contributed by atoms with Crippen molar-refractivity contribution >= 4 is 31.7 Å². The molecule has 11 heteroatoms. The fraction of sp³-hybridized carbons (Fsp3) is 0.333. The van der Waals surface area contributed by atoms with E-state index >= 15 is 0 Å². The first-order valence-corrected chi connectivity index (χ1v) is 13.6. The number of hydrogen-bond donors (Lipinski definition) is 3. The van der Waals surface area contributed by atoms with Gasteiger partial charge >= 0.3 is 0 Å². The third kappa shape index (κ3) is 3.77. The molecular formula is C24H24BrN3O6S. The van der Waals surface area contributed by atoms with Gasteiger partial charge in [0.2, 0.25) is 0 Å². The summed E-state index contributed by atoms with van der Waals surface area (Å²) >= 11 is 3.35. The SMILES string of the molecule is COc1cc(C2c3c(-c4cc(C)c(C)cc4O)n[nH]c3C(=O)N2C2CCS(=O)(=O)C2)cc(Br)c1O. The molecule has 3 aromatic rings. The lowest BCUT2D eigenvalue weighted by Gasteiger charge is -2.31. The summed E-state index contributed by atoms with van der Waals surface area (Å²) in [4.78, 5) is 15.2. The zero-order chi connectivity index (χ0) is 25.2. The number of nitrogens with one attached hydrogen (secondary N) is 1. The number of halogens is 1. The number of nitrogens with zero attached hydrogens (tertiary/aromatic N) is 2. The van der Waals surface area contributed by atoms with Crippen molar-refractivity contribution in [2.45, 2.75) is 32.4 Å². The van der Waals surface area contributed by atoms with Crippen LogP contribution < -0.4 is 4.74 Å². The number of ether oxygens (including phenoxy) is 1. The number of aromatic hydroxyl groups is 2. The zero-order valence-electron chi connectivity index (χ0n) is 19.3. The number of amides is 1. The van der Waals surface area contributed by atoms with Crippen LogP contribution in [-0.2, 0) is 9.84 Å². The van der Waals surface area contributed by atoms with Crippen molar-refractivity contribution in [1.82, 2.24) is 15.1 Å². The number of methoxy groups -OCH3 is 1. The average Bonchev–Trinajstić information content (AvgIpc) is 3.46. The van der Waals surface area contributed by atoms with Gasteiger partial charge in [-0.15, -0.1) is 0 Å². The van der Waals surface area contributed by atoms with E-state index in [2.05, 4.69) is 26.1 Å². The van der Waals surface area contributed by atoms with Crippen LogP contribution in [-0.4, -0.2) is 64.3 Å². The van der Waals surface area contributed by atoms with Gasteiger partial charge in [-0.1, -0.05) is 0 Å². The quantitative estimate of drug-likeness (QED) is 0.443. The number of carbonyl (C=O) groups is 1. The second kappa shape index (κ2) is 8.27. The predicted molar refractivity (Wildman–Crippen MR) is 133 cm³/mol. The van der Waals surface area contributed by atoms with Gasteiger partial charge in [-0.25, -0.2) is 8.42 Å². The molecule has 2 aromatic carbocycles. The zero-order valence-corrected chi connectivity index (χ0v) is 21.7. The molecule has 2 unspecified atom stereocenters. The van der Waals surface area contributed by atoms with Crippen molar-refractivity contribution in [3.8, 4) is 28.5 Å². The molecule has 35 heavy (non-hydrogen) atoms. The second-order valence-corrected chi connectivity index (χ2v) is 12.1. The molecule has 2 aliphatic heterocycles. The summed E-state index contributed by atoms with van der Waals surface area (Å²) in [5, 5.41) is 28.3. The third-order valence-electron chi connectivity index (χ3n) is 6.86. The summed E-state index contributed by atoms with van der Waals surface area (Å²) < 4.78 is 30.3. The maximum Gasteiger partial charge on any atom is 0.273 e. The van der Waals surface area contributed by atoms with Gasteiger partial charge in [0.1, 0.15) is 17.1 Å². The van der Waals surface area contributed by atoms with E-state index in [-0.39, 0.29) is 40.4 Å². The van der Waals surface area contributed by atoms with Gasteiger partial charge in [-0.2, -0.15) is 5.10 Å². The van der Waals surface area contributed by atoms with Gasteiger partial charge in [-0.3, -0.25) is 9.89 Å². The minimum atomic E-state index is -3.27. The number of aromatic nitrogens is 2. The Hall–Kier alpha value is -3.05. The summed E-state index contributed by atoms with van der Waals surface area (Å²) in [6.07, 6.45) is 0.322. The van der Waals surface area contributed by atoms with E-state index in [1.54, 1.807) is 23.1 Å². The highest BCUT2D eigenvalue weighted by atomic mass is 79.9. The number of H-pyrrole nitrogens is 1. The molecule has 3 N–H and O–H groups in total. The van der Waals surface area contributed by atoms with Crippen molar-refractivity contribution in [1.29, 1.82) is 0 Å². The van der Waals surface area contributed by atoms with Gasteiger partial charge in [0.25, 0.3) is 5.91 Å². The maximum absolute atomic E-state index is 13.6. The first-order chi connectivity index (χ1) is 16.5. The molecule has 1 saturated heterocycles. The smallest absolute Gasteiger partial charge is 0.273 e. The molecule has 2 atom stereocenters. The molecule has 1 amide bonds. The topological polar surface area (TPSA) is 133 Å². The Kier molecular flexibility index (Phi) is 5.59. The summed E-state index contributed by atoms with van der Waals surface area (Å²) in [6.45, 7) is 3.81. The molecule has 2 aliphatic rings. The molecular weight excluding hydrogens is 538 g/mol. The molecule has 0 aliphatic carbocycles. The van der Waals surface area contributed by atoms with Crippen LogP contribution in [0, 0.1) is 13.8 Å². The molecule has 0 bridgehead atoms. The van der Waals surface area contributed by atoms with Crippen molar-refractivity contribution in [2.75, 3.05) is 18.6 Å². The highest BCUT2D eigenvalue weighted by Gasteiger charge is 2.48. The monoisotopic (exact) mass is 561 g/mol. The predicted octanol–water partition coefficient (Wildman–Crippen LogP) is 3.61. The first kappa shape index (κ1) is 23.7. The van der Waals surface area contributed by atoms with Crippen LogP contribution >= 0.6 is 15.9 Å². The standard InChI is InChI=1S/C24H24BrN3O6S/c1-11-6-15(17(29)7-12(11)2)20-19-21(27-26-20)24(31)28(14-4-5-35(32,33)10-14)22(19)13-8-16(25)23(30)18(9-13)34-3/h6-9,14,22,29-30H,4-5,10H2,1-3H3,(H,26,27). The lowest BCUT2D eigenvalue weighted by molar-refractivity contribution is 0.0677.